The van der Waals surface area contributed by atoms with Gasteiger partial charge in [-0.2, -0.15) is 0 Å². The van der Waals surface area contributed by atoms with Crippen molar-refractivity contribution in [3.05, 3.63) is 0 Å². The van der Waals surface area contributed by atoms with Crippen LogP contribution in [-0.4, -0.2) is 40.4 Å². The summed E-state index contributed by atoms with van der Waals surface area (Å²) in [6, 6.07) is 0. The first-order chi connectivity index (χ1) is 0. The van der Waals surface area contributed by atoms with Crippen molar-refractivity contribution >= 4 is 40.4 Å². The van der Waals surface area contributed by atoms with Gasteiger partial charge >= 0.3 is 23.1 Å². The van der Waals surface area contributed by atoms with Crippen LogP contribution < -0.4 is 0 Å². The molecule has 0 spiro atoms. The van der Waals surface area contributed by atoms with Crippen LogP contribution in [-0.2, 0) is 43.8 Å². The molecule has 0 aromatic rings. The molecule has 0 aliphatic rings. The van der Waals surface area contributed by atoms with E-state index in [0.717, 1.165) is 0 Å². The predicted molar refractivity (Wildman–Crippen MR) is 17.9 cm³/mol. The molecule has 0 rings (SSSR count). The van der Waals surface area contributed by atoms with Crippen LogP contribution in [0.4, 0.5) is 0 Å². The molecule has 0 aliphatic carbocycles. The summed E-state index contributed by atoms with van der Waals surface area (Å²) in [6.45, 7) is 0. The molecular formula is H5AlCdMgNi. The summed E-state index contributed by atoms with van der Waals surface area (Å²) < 4.78 is 0. The van der Waals surface area contributed by atoms with E-state index in [1.165, 1.54) is 0 Å². The fourth-order valence-corrected chi connectivity index (χ4v) is 0. The average Bonchev–Trinajstić information content (AvgIpc) is 0. The van der Waals surface area contributed by atoms with E-state index in [1.807, 2.05) is 0 Å². The Balaban J connectivity index is 0. The van der Waals surface area contributed by atoms with Crippen molar-refractivity contribution in [3.8, 4) is 0 Å². The SMILES string of the molecule is [AlH3].[Cd].[H-].[H-].[Mg+2].[Ni]. The Hall–Kier alpha value is 2.71. The topological polar surface area (TPSA) is 0 Å². The third-order valence-corrected chi connectivity index (χ3v) is 0. The monoisotopic (exact) mass is 228 g/mol. The Morgan fingerprint density at radius 2 is 1.25 bits per heavy atom. The van der Waals surface area contributed by atoms with Crippen LogP contribution >= 0.6 is 0 Å². The molecule has 22 valence electrons. The average molecular weight is 227 g/mol. The van der Waals surface area contributed by atoms with Gasteiger partial charge in [0.2, 0.25) is 0 Å². The molecule has 0 saturated carbocycles. The Labute approximate surface area is 85.8 Å². The molecule has 0 radical (unpaired) electrons. The standard InChI is InChI=1S/Al.Cd.Mg.Ni.5H/q;;+2;;;;;2*-1. The number of hydrogen-bond donors (Lipinski definition) is 0. The zero-order valence-corrected chi connectivity index (χ0v) is 8.17. The summed E-state index contributed by atoms with van der Waals surface area (Å²) in [5, 5.41) is 0. The molecule has 0 unspecified atom stereocenters. The molecule has 0 aliphatic heterocycles. The largest absolute Gasteiger partial charge is 2.00 e. The molecule has 4 heavy (non-hydrogen) atoms. The Morgan fingerprint density at radius 1 is 1.25 bits per heavy atom. The van der Waals surface area contributed by atoms with Gasteiger partial charge in [-0.05, 0) is 0 Å². The molecule has 0 bridgehead atoms. The molecule has 0 N–H and O–H groups in total. The summed E-state index contributed by atoms with van der Waals surface area (Å²) in [5.74, 6) is 0. The normalized spacial score (nSPS) is 0. The van der Waals surface area contributed by atoms with E-state index in [4.69, 9.17) is 0 Å². The molecule has 0 atom stereocenters. The van der Waals surface area contributed by atoms with Crippen LogP contribution in [0.1, 0.15) is 2.85 Å². The maximum absolute atomic E-state index is 0. The summed E-state index contributed by atoms with van der Waals surface area (Å²) in [6.07, 6.45) is 0. The minimum atomic E-state index is 0. The van der Waals surface area contributed by atoms with E-state index >= 15 is 0 Å². The summed E-state index contributed by atoms with van der Waals surface area (Å²) >= 11 is 0. The van der Waals surface area contributed by atoms with E-state index in [1.54, 1.807) is 0 Å². The summed E-state index contributed by atoms with van der Waals surface area (Å²) in [7, 11) is 0. The first kappa shape index (κ1) is 29.8. The quantitative estimate of drug-likeness (QED) is 0.449. The van der Waals surface area contributed by atoms with Crippen molar-refractivity contribution in [2.45, 2.75) is 0 Å². The maximum Gasteiger partial charge on any atom is 2.00 e. The minimum Gasteiger partial charge on any atom is -1.00 e. The first-order valence-electron chi connectivity index (χ1n) is 0. The smallest absolute Gasteiger partial charge is 1.00 e. The second kappa shape index (κ2) is 17.2. The van der Waals surface area contributed by atoms with Gasteiger partial charge in [0.15, 0.2) is 17.4 Å². The molecule has 0 heterocycles. The van der Waals surface area contributed by atoms with E-state index < -0.39 is 0 Å². The van der Waals surface area contributed by atoms with Crippen LogP contribution in [0.15, 0.2) is 0 Å². The van der Waals surface area contributed by atoms with E-state index in [-0.39, 0.29) is 87.1 Å². The zero-order chi connectivity index (χ0) is 0. The van der Waals surface area contributed by atoms with Gasteiger partial charge in [-0.15, -0.1) is 0 Å². The molecule has 4 heteroatoms. The van der Waals surface area contributed by atoms with Crippen molar-refractivity contribution in [2.75, 3.05) is 0 Å². The van der Waals surface area contributed by atoms with Gasteiger partial charge in [-0.1, -0.05) is 0 Å². The number of hydrogen-bond acceptors (Lipinski definition) is 0. The van der Waals surface area contributed by atoms with Gasteiger partial charge in [-0.25, -0.2) is 0 Å². The second-order valence-corrected chi connectivity index (χ2v) is 0. The van der Waals surface area contributed by atoms with Crippen LogP contribution in [0.25, 0.3) is 0 Å². The summed E-state index contributed by atoms with van der Waals surface area (Å²) in [4.78, 5) is 0. The molecule has 0 aromatic carbocycles. The van der Waals surface area contributed by atoms with Gasteiger partial charge in [0.1, 0.15) is 0 Å². The van der Waals surface area contributed by atoms with Crippen LogP contribution in [0, 0.1) is 0 Å². The van der Waals surface area contributed by atoms with E-state index in [9.17, 15) is 0 Å². The maximum atomic E-state index is 0. The van der Waals surface area contributed by atoms with E-state index in [2.05, 4.69) is 0 Å². The Bertz CT molecular complexity index is 13.5. The third-order valence-electron chi connectivity index (χ3n) is 0. The van der Waals surface area contributed by atoms with Gasteiger partial charge in [0, 0.05) is 43.8 Å². The second-order valence-electron chi connectivity index (χ2n) is 0. The number of rotatable bonds is 0. The predicted octanol–water partition coefficient (Wildman–Crippen LogP) is -1.34. The Morgan fingerprint density at radius 3 is 1.25 bits per heavy atom. The molecule has 0 aromatic heterocycles. The van der Waals surface area contributed by atoms with Crippen LogP contribution in [0.5, 0.6) is 0 Å². The minimum absolute atomic E-state index is 0. The van der Waals surface area contributed by atoms with Gasteiger partial charge in [-0.3, -0.25) is 0 Å². The molecule has 0 fully saturated rings. The van der Waals surface area contributed by atoms with Crippen molar-refractivity contribution in [3.63, 3.8) is 0 Å². The van der Waals surface area contributed by atoms with Crippen molar-refractivity contribution in [2.24, 2.45) is 0 Å². The molecule has 0 amide bonds. The van der Waals surface area contributed by atoms with E-state index in [0.29, 0.717) is 0 Å². The van der Waals surface area contributed by atoms with Gasteiger partial charge < -0.3 is 2.85 Å². The first-order valence-corrected chi connectivity index (χ1v) is 0. The van der Waals surface area contributed by atoms with Crippen molar-refractivity contribution in [1.29, 1.82) is 0 Å². The van der Waals surface area contributed by atoms with Crippen LogP contribution in [0.2, 0.25) is 0 Å². The van der Waals surface area contributed by atoms with Gasteiger partial charge in [0.05, 0.1) is 0 Å². The zero-order valence-electron chi connectivity index (χ0n) is 3.73. The molecular weight excluding hydrogens is 222 g/mol. The fraction of sp³-hybridized carbons (Fsp3) is 0. The van der Waals surface area contributed by atoms with Crippen molar-refractivity contribution in [1.82, 2.24) is 0 Å². The Kier molecular flexibility index (Phi) is 128. The molecule has 0 nitrogen and oxygen atoms in total. The summed E-state index contributed by atoms with van der Waals surface area (Å²) in [5.41, 5.74) is 0. The fourth-order valence-electron chi connectivity index (χ4n) is 0. The van der Waals surface area contributed by atoms with Gasteiger partial charge in [0.25, 0.3) is 0 Å². The van der Waals surface area contributed by atoms with Crippen molar-refractivity contribution < 1.29 is 46.6 Å². The van der Waals surface area contributed by atoms with Crippen LogP contribution in [0.3, 0.4) is 0 Å². The molecule has 0 saturated heterocycles. The third kappa shape index (κ3) is 8.83.